The van der Waals surface area contributed by atoms with Crippen molar-refractivity contribution >= 4 is 27.3 Å². The van der Waals surface area contributed by atoms with E-state index in [0.29, 0.717) is 18.4 Å². The van der Waals surface area contributed by atoms with Crippen molar-refractivity contribution in [3.63, 3.8) is 0 Å². The number of nitrogens with one attached hydrogen (secondary N) is 1. The summed E-state index contributed by atoms with van der Waals surface area (Å²) in [6.07, 6.45) is 5.48. The van der Waals surface area contributed by atoms with Crippen molar-refractivity contribution in [1.82, 2.24) is 10.3 Å². The van der Waals surface area contributed by atoms with E-state index in [1.54, 1.807) is 6.07 Å². The molecule has 0 unspecified atom stereocenters. The zero-order valence-electron chi connectivity index (χ0n) is 11.2. The Morgan fingerprint density at radius 3 is 2.85 bits per heavy atom. The summed E-state index contributed by atoms with van der Waals surface area (Å²) in [5.41, 5.74) is 0.437. The first-order valence-corrected chi connectivity index (χ1v) is 8.81. The van der Waals surface area contributed by atoms with Gasteiger partial charge in [0.1, 0.15) is 15.0 Å². The predicted molar refractivity (Wildman–Crippen MR) is 77.6 cm³/mol. The van der Waals surface area contributed by atoms with Crippen LogP contribution in [0.1, 0.15) is 36.0 Å². The second kappa shape index (κ2) is 6.10. The van der Waals surface area contributed by atoms with E-state index in [1.165, 1.54) is 18.5 Å². The van der Waals surface area contributed by atoms with Crippen LogP contribution in [0.15, 0.2) is 18.3 Å². The summed E-state index contributed by atoms with van der Waals surface area (Å²) in [4.78, 5) is 15.9. The van der Waals surface area contributed by atoms with Gasteiger partial charge in [-0.3, -0.25) is 4.79 Å². The van der Waals surface area contributed by atoms with Gasteiger partial charge in [-0.1, -0.05) is 18.0 Å². The van der Waals surface area contributed by atoms with Crippen LogP contribution in [0.5, 0.6) is 0 Å². The first kappa shape index (κ1) is 15.3. The lowest BCUT2D eigenvalue weighted by Gasteiger charge is -2.28. The molecule has 0 saturated heterocycles. The average Bonchev–Trinajstić information content (AvgIpc) is 2.38. The number of nitrogens with zero attached hydrogens (tertiary/aromatic N) is 1. The van der Waals surface area contributed by atoms with E-state index >= 15 is 0 Å². The summed E-state index contributed by atoms with van der Waals surface area (Å²) in [6, 6.07) is 2.97. The smallest absolute Gasteiger partial charge is 0.251 e. The van der Waals surface area contributed by atoms with Gasteiger partial charge in [-0.15, -0.1) is 0 Å². The maximum Gasteiger partial charge on any atom is 0.251 e. The van der Waals surface area contributed by atoms with E-state index in [9.17, 15) is 13.2 Å². The zero-order chi connectivity index (χ0) is 14.8. The molecular weight excluding hydrogens is 300 g/mol. The average molecular weight is 317 g/mol. The van der Waals surface area contributed by atoms with Crippen LogP contribution >= 0.6 is 11.6 Å². The Hall–Kier alpha value is -1.14. The van der Waals surface area contributed by atoms with Crippen LogP contribution in [0.4, 0.5) is 0 Å². The molecule has 20 heavy (non-hydrogen) atoms. The molecule has 1 heterocycles. The lowest BCUT2D eigenvalue weighted by molar-refractivity contribution is 0.0928. The molecular formula is C13H17ClN2O3S. The molecule has 0 radical (unpaired) electrons. The van der Waals surface area contributed by atoms with Gasteiger partial charge in [0.25, 0.3) is 5.91 Å². The number of hydrogen-bond acceptors (Lipinski definition) is 4. The Morgan fingerprint density at radius 2 is 2.20 bits per heavy atom. The fraction of sp³-hybridized carbons (Fsp3) is 0.538. The summed E-state index contributed by atoms with van der Waals surface area (Å²) in [6.45, 7) is 0. The van der Waals surface area contributed by atoms with Crippen LogP contribution < -0.4 is 5.32 Å². The highest BCUT2D eigenvalue weighted by molar-refractivity contribution is 7.91. The molecule has 1 N–H and O–H groups in total. The second-order valence-corrected chi connectivity index (χ2v) is 7.87. The molecule has 1 aromatic rings. The second-order valence-electron chi connectivity index (χ2n) is 5.16. The Morgan fingerprint density at radius 1 is 1.45 bits per heavy atom. The van der Waals surface area contributed by atoms with Crippen molar-refractivity contribution < 1.29 is 13.2 Å². The Kier molecular flexibility index (Phi) is 4.65. The van der Waals surface area contributed by atoms with Crippen molar-refractivity contribution in [1.29, 1.82) is 0 Å². The Bertz CT molecular complexity index is 603. The van der Waals surface area contributed by atoms with Gasteiger partial charge < -0.3 is 5.32 Å². The molecule has 1 fully saturated rings. The summed E-state index contributed by atoms with van der Waals surface area (Å²) in [7, 11) is -3.05. The van der Waals surface area contributed by atoms with Crippen LogP contribution in [-0.4, -0.2) is 36.9 Å². The van der Waals surface area contributed by atoms with Crippen LogP contribution in [0, 0.1) is 0 Å². The van der Waals surface area contributed by atoms with E-state index in [0.717, 1.165) is 12.8 Å². The van der Waals surface area contributed by atoms with Crippen molar-refractivity contribution in [2.24, 2.45) is 0 Å². The van der Waals surface area contributed by atoms with Crippen molar-refractivity contribution in [2.75, 3.05) is 6.26 Å². The minimum absolute atomic E-state index is 0.108. The van der Waals surface area contributed by atoms with Crippen LogP contribution in [0.2, 0.25) is 5.15 Å². The van der Waals surface area contributed by atoms with Gasteiger partial charge in [-0.25, -0.2) is 13.4 Å². The normalized spacial score (nSPS) is 23.3. The maximum absolute atomic E-state index is 12.1. The number of pyridine rings is 1. The number of carbonyl (C=O) groups excluding carboxylic acids is 1. The summed E-state index contributed by atoms with van der Waals surface area (Å²) in [5, 5.41) is 2.78. The number of halogens is 1. The Labute approximate surface area is 123 Å². The Balaban J connectivity index is 2.01. The number of hydrogen-bond donors (Lipinski definition) is 1. The molecule has 110 valence electrons. The molecule has 2 atom stereocenters. The van der Waals surface area contributed by atoms with E-state index in [2.05, 4.69) is 10.3 Å². The third kappa shape index (κ3) is 3.93. The number of amides is 1. The van der Waals surface area contributed by atoms with Crippen LogP contribution in [0.25, 0.3) is 0 Å². The molecule has 1 saturated carbocycles. The standard InChI is InChI=1S/C13H17ClN2O3S/c1-20(18,19)11-4-2-3-10(8-11)16-13(17)9-5-6-15-12(14)7-9/h5-7,10-11H,2-4,8H2,1H3,(H,16,17)/t10-,11+/m1/s1. The van der Waals surface area contributed by atoms with Crippen LogP contribution in [0.3, 0.4) is 0 Å². The monoisotopic (exact) mass is 316 g/mol. The topological polar surface area (TPSA) is 76.1 Å². The maximum atomic E-state index is 12.1. The number of carbonyl (C=O) groups is 1. The van der Waals surface area contributed by atoms with Crippen LogP contribution in [-0.2, 0) is 9.84 Å². The molecule has 0 aliphatic heterocycles. The minimum Gasteiger partial charge on any atom is -0.349 e. The van der Waals surface area contributed by atoms with Crippen molar-refractivity contribution in [3.8, 4) is 0 Å². The molecule has 1 aromatic heterocycles. The van der Waals surface area contributed by atoms with E-state index in [4.69, 9.17) is 11.6 Å². The number of aromatic nitrogens is 1. The summed E-state index contributed by atoms with van der Waals surface area (Å²) < 4.78 is 23.2. The highest BCUT2D eigenvalue weighted by Crippen LogP contribution is 2.24. The largest absolute Gasteiger partial charge is 0.349 e. The highest BCUT2D eigenvalue weighted by Gasteiger charge is 2.29. The molecule has 7 heteroatoms. The lowest BCUT2D eigenvalue weighted by Crippen LogP contribution is -2.41. The highest BCUT2D eigenvalue weighted by atomic mass is 35.5. The fourth-order valence-corrected chi connectivity index (χ4v) is 3.83. The first-order valence-electron chi connectivity index (χ1n) is 6.47. The van der Waals surface area contributed by atoms with Gasteiger partial charge in [0, 0.05) is 24.1 Å². The quantitative estimate of drug-likeness (QED) is 0.863. The zero-order valence-corrected chi connectivity index (χ0v) is 12.7. The van der Waals surface area contributed by atoms with Gasteiger partial charge in [-0.05, 0) is 31.4 Å². The molecule has 0 bridgehead atoms. The lowest BCUT2D eigenvalue weighted by atomic mass is 9.94. The number of sulfone groups is 1. The molecule has 1 amide bonds. The third-order valence-corrected chi connectivity index (χ3v) is 5.40. The SMILES string of the molecule is CS(=O)(=O)[C@H]1CCC[C@@H](NC(=O)c2ccnc(Cl)c2)C1. The van der Waals surface area contributed by atoms with E-state index in [1.807, 2.05) is 0 Å². The molecule has 0 aromatic carbocycles. The van der Waals surface area contributed by atoms with Gasteiger partial charge >= 0.3 is 0 Å². The van der Waals surface area contributed by atoms with Gasteiger partial charge in [-0.2, -0.15) is 0 Å². The third-order valence-electron chi connectivity index (χ3n) is 3.56. The van der Waals surface area contributed by atoms with E-state index in [-0.39, 0.29) is 22.4 Å². The van der Waals surface area contributed by atoms with Crippen molar-refractivity contribution in [3.05, 3.63) is 29.0 Å². The summed E-state index contributed by atoms with van der Waals surface area (Å²) in [5.74, 6) is -0.242. The van der Waals surface area contributed by atoms with Gasteiger partial charge in [0.2, 0.25) is 0 Å². The molecule has 5 nitrogen and oxygen atoms in total. The molecule has 1 aliphatic rings. The van der Waals surface area contributed by atoms with Gasteiger partial charge in [0.15, 0.2) is 0 Å². The first-order chi connectivity index (χ1) is 9.36. The molecule has 1 aliphatic carbocycles. The summed E-state index contributed by atoms with van der Waals surface area (Å²) >= 11 is 5.74. The number of rotatable bonds is 3. The van der Waals surface area contributed by atoms with Gasteiger partial charge in [0.05, 0.1) is 5.25 Å². The van der Waals surface area contributed by atoms with Crippen molar-refractivity contribution in [2.45, 2.75) is 37.0 Å². The van der Waals surface area contributed by atoms with E-state index < -0.39 is 9.84 Å². The fourth-order valence-electron chi connectivity index (χ4n) is 2.48. The predicted octanol–water partition coefficient (Wildman–Crippen LogP) is 1.82. The molecule has 0 spiro atoms. The molecule has 2 rings (SSSR count). The minimum atomic E-state index is -3.05.